The van der Waals surface area contributed by atoms with E-state index >= 15 is 0 Å². The van der Waals surface area contributed by atoms with Crippen molar-refractivity contribution >= 4 is 6.09 Å². The fraction of sp³-hybridized carbons (Fsp3) is 0.588. The Morgan fingerprint density at radius 3 is 2.19 bits per heavy atom. The molecule has 0 spiro atoms. The second-order valence-electron chi connectivity index (χ2n) is 7.10. The quantitative estimate of drug-likeness (QED) is 0.874. The highest BCUT2D eigenvalue weighted by atomic mass is 16.6. The first-order valence-corrected chi connectivity index (χ1v) is 7.35. The van der Waals surface area contributed by atoms with E-state index in [9.17, 15) is 4.79 Å². The summed E-state index contributed by atoms with van der Waals surface area (Å²) in [5.41, 5.74) is 1.64. The molecule has 0 saturated heterocycles. The van der Waals surface area contributed by atoms with Crippen LogP contribution in [-0.2, 0) is 11.3 Å². The normalized spacial score (nSPS) is 12.1. The van der Waals surface area contributed by atoms with Gasteiger partial charge in [-0.15, -0.1) is 0 Å². The van der Waals surface area contributed by atoms with E-state index in [-0.39, 0.29) is 11.6 Å². The summed E-state index contributed by atoms with van der Waals surface area (Å²) < 4.78 is 5.27. The van der Waals surface area contributed by atoms with E-state index in [1.54, 1.807) is 0 Å². The molecule has 0 aliphatic heterocycles. The number of benzene rings is 1. The Morgan fingerprint density at radius 1 is 1.10 bits per heavy atom. The van der Waals surface area contributed by atoms with Gasteiger partial charge in [0.25, 0.3) is 0 Å². The Morgan fingerprint density at radius 2 is 1.67 bits per heavy atom. The molecule has 4 nitrogen and oxygen atoms in total. The van der Waals surface area contributed by atoms with Gasteiger partial charge in [0.05, 0.1) is 5.54 Å². The third-order valence-corrected chi connectivity index (χ3v) is 2.86. The van der Waals surface area contributed by atoms with Crippen molar-refractivity contribution in [1.82, 2.24) is 10.6 Å². The molecular weight excluding hydrogens is 264 g/mol. The monoisotopic (exact) mass is 292 g/mol. The first-order valence-electron chi connectivity index (χ1n) is 7.35. The van der Waals surface area contributed by atoms with Crippen LogP contribution in [0, 0.1) is 6.92 Å². The first kappa shape index (κ1) is 17.5. The van der Waals surface area contributed by atoms with Crippen LogP contribution in [0.1, 0.15) is 45.7 Å². The lowest BCUT2D eigenvalue weighted by Gasteiger charge is -2.29. The molecule has 1 rings (SSSR count). The third-order valence-electron chi connectivity index (χ3n) is 2.86. The van der Waals surface area contributed by atoms with Crippen molar-refractivity contribution in [2.24, 2.45) is 0 Å². The standard InChI is InChI=1S/C17H28N2O2/c1-13-7-9-14(10-8-13)11-18-12-17(5,6)19-15(20)21-16(2,3)4/h7-10,18H,11-12H2,1-6H3,(H,19,20). The van der Waals surface area contributed by atoms with Crippen LogP contribution >= 0.6 is 0 Å². The van der Waals surface area contributed by atoms with Crippen LogP contribution in [0.5, 0.6) is 0 Å². The molecule has 0 heterocycles. The number of ether oxygens (including phenoxy) is 1. The summed E-state index contributed by atoms with van der Waals surface area (Å²) in [7, 11) is 0. The minimum Gasteiger partial charge on any atom is -0.444 e. The first-order chi connectivity index (χ1) is 9.57. The number of amides is 1. The average molecular weight is 292 g/mol. The van der Waals surface area contributed by atoms with Gasteiger partial charge in [-0.1, -0.05) is 29.8 Å². The molecule has 21 heavy (non-hydrogen) atoms. The predicted molar refractivity (Wildman–Crippen MR) is 86.3 cm³/mol. The Balaban J connectivity index is 2.38. The van der Waals surface area contributed by atoms with E-state index in [0.29, 0.717) is 6.54 Å². The van der Waals surface area contributed by atoms with E-state index in [2.05, 4.69) is 41.8 Å². The van der Waals surface area contributed by atoms with Gasteiger partial charge in [0.2, 0.25) is 0 Å². The molecule has 0 aromatic heterocycles. The van der Waals surface area contributed by atoms with Crippen molar-refractivity contribution in [1.29, 1.82) is 0 Å². The molecule has 1 aromatic carbocycles. The third kappa shape index (κ3) is 7.71. The number of carbonyl (C=O) groups is 1. The SMILES string of the molecule is Cc1ccc(CNCC(C)(C)NC(=O)OC(C)(C)C)cc1. The highest BCUT2D eigenvalue weighted by Crippen LogP contribution is 2.09. The van der Waals surface area contributed by atoms with Crippen molar-refractivity contribution in [3.63, 3.8) is 0 Å². The lowest BCUT2D eigenvalue weighted by Crippen LogP contribution is -2.51. The predicted octanol–water partition coefficient (Wildman–Crippen LogP) is 3.39. The van der Waals surface area contributed by atoms with Crippen molar-refractivity contribution in [2.45, 2.75) is 59.2 Å². The van der Waals surface area contributed by atoms with Crippen LogP contribution < -0.4 is 10.6 Å². The van der Waals surface area contributed by atoms with Crippen LogP contribution in [0.15, 0.2) is 24.3 Å². The summed E-state index contributed by atoms with van der Waals surface area (Å²) in [4.78, 5) is 11.8. The zero-order chi connectivity index (χ0) is 16.1. The molecule has 2 N–H and O–H groups in total. The topological polar surface area (TPSA) is 50.4 Å². The van der Waals surface area contributed by atoms with E-state index < -0.39 is 5.60 Å². The molecule has 0 radical (unpaired) electrons. The smallest absolute Gasteiger partial charge is 0.408 e. The molecular formula is C17H28N2O2. The molecule has 1 aromatic rings. The molecule has 4 heteroatoms. The molecule has 1 amide bonds. The molecule has 0 saturated carbocycles. The Bertz CT molecular complexity index is 459. The number of rotatable bonds is 5. The van der Waals surface area contributed by atoms with Crippen molar-refractivity contribution < 1.29 is 9.53 Å². The summed E-state index contributed by atoms with van der Waals surface area (Å²) in [6.45, 7) is 13.0. The van der Waals surface area contributed by atoms with Crippen LogP contribution in [0.3, 0.4) is 0 Å². The van der Waals surface area contributed by atoms with Gasteiger partial charge in [-0.2, -0.15) is 0 Å². The minimum absolute atomic E-state index is 0.368. The summed E-state index contributed by atoms with van der Waals surface area (Å²) in [5, 5.41) is 6.24. The lowest BCUT2D eigenvalue weighted by atomic mass is 10.1. The maximum atomic E-state index is 11.8. The molecule has 0 atom stereocenters. The Labute approximate surface area is 128 Å². The van der Waals surface area contributed by atoms with Gasteiger partial charge in [-0.05, 0) is 47.1 Å². The molecule has 0 fully saturated rings. The fourth-order valence-corrected chi connectivity index (χ4v) is 1.85. The van der Waals surface area contributed by atoms with Gasteiger partial charge in [0, 0.05) is 13.1 Å². The number of hydrogen-bond acceptors (Lipinski definition) is 3. The van der Waals surface area contributed by atoms with Crippen molar-refractivity contribution in [3.8, 4) is 0 Å². The van der Waals surface area contributed by atoms with Crippen molar-refractivity contribution in [2.75, 3.05) is 6.54 Å². The van der Waals surface area contributed by atoms with Gasteiger partial charge in [-0.25, -0.2) is 4.79 Å². The summed E-state index contributed by atoms with van der Waals surface area (Å²) in [6, 6.07) is 8.41. The Kier molecular flexibility index (Phi) is 5.78. The van der Waals surface area contributed by atoms with E-state index in [1.807, 2.05) is 34.6 Å². The van der Waals surface area contributed by atoms with Crippen LogP contribution in [0.2, 0.25) is 0 Å². The molecule has 118 valence electrons. The molecule has 0 bridgehead atoms. The minimum atomic E-state index is -0.477. The van der Waals surface area contributed by atoms with Crippen LogP contribution in [0.4, 0.5) is 4.79 Å². The highest BCUT2D eigenvalue weighted by molar-refractivity contribution is 5.68. The average Bonchev–Trinajstić information content (AvgIpc) is 2.28. The zero-order valence-corrected chi connectivity index (χ0v) is 14.0. The van der Waals surface area contributed by atoms with Gasteiger partial charge in [0.15, 0.2) is 0 Å². The van der Waals surface area contributed by atoms with E-state index in [1.165, 1.54) is 11.1 Å². The van der Waals surface area contributed by atoms with Crippen LogP contribution in [-0.4, -0.2) is 23.8 Å². The van der Waals surface area contributed by atoms with Crippen LogP contribution in [0.25, 0.3) is 0 Å². The molecule has 0 aliphatic carbocycles. The number of alkyl carbamates (subject to hydrolysis) is 1. The van der Waals surface area contributed by atoms with Gasteiger partial charge in [0.1, 0.15) is 5.60 Å². The number of carbonyl (C=O) groups excluding carboxylic acids is 1. The largest absolute Gasteiger partial charge is 0.444 e. The molecule has 0 unspecified atom stereocenters. The fourth-order valence-electron chi connectivity index (χ4n) is 1.85. The summed E-state index contributed by atoms with van der Waals surface area (Å²) >= 11 is 0. The molecule has 0 aliphatic rings. The lowest BCUT2D eigenvalue weighted by molar-refractivity contribution is 0.0472. The van der Waals surface area contributed by atoms with Gasteiger partial charge < -0.3 is 15.4 Å². The second-order valence-corrected chi connectivity index (χ2v) is 7.10. The van der Waals surface area contributed by atoms with E-state index in [0.717, 1.165) is 6.54 Å². The number of aryl methyl sites for hydroxylation is 1. The number of hydrogen-bond donors (Lipinski definition) is 2. The maximum Gasteiger partial charge on any atom is 0.408 e. The Hall–Kier alpha value is -1.55. The second kappa shape index (κ2) is 6.94. The zero-order valence-electron chi connectivity index (χ0n) is 14.0. The maximum absolute atomic E-state index is 11.8. The highest BCUT2D eigenvalue weighted by Gasteiger charge is 2.24. The summed E-state index contributed by atoms with van der Waals surface area (Å²) in [5.74, 6) is 0. The van der Waals surface area contributed by atoms with E-state index in [4.69, 9.17) is 4.74 Å². The van der Waals surface area contributed by atoms with Crippen molar-refractivity contribution in [3.05, 3.63) is 35.4 Å². The van der Waals surface area contributed by atoms with Gasteiger partial charge in [-0.3, -0.25) is 0 Å². The number of nitrogens with one attached hydrogen (secondary N) is 2. The summed E-state index contributed by atoms with van der Waals surface area (Å²) in [6.07, 6.45) is -0.385. The van der Waals surface area contributed by atoms with Gasteiger partial charge >= 0.3 is 6.09 Å².